The van der Waals surface area contributed by atoms with Crippen molar-refractivity contribution in [3.05, 3.63) is 21.0 Å². The summed E-state index contributed by atoms with van der Waals surface area (Å²) >= 11 is 3.29. The van der Waals surface area contributed by atoms with Gasteiger partial charge in [-0.1, -0.05) is 0 Å². The maximum absolute atomic E-state index is 12.1. The van der Waals surface area contributed by atoms with E-state index in [1.165, 1.54) is 17.5 Å². The predicted molar refractivity (Wildman–Crippen MR) is 80.7 cm³/mol. The van der Waals surface area contributed by atoms with Crippen LogP contribution >= 0.6 is 15.9 Å². The number of likely N-dealkylation sites (N-methyl/N-ethyl adjacent to an activating group) is 1. The van der Waals surface area contributed by atoms with Crippen molar-refractivity contribution < 1.29 is 4.79 Å². The second kappa shape index (κ2) is 6.39. The summed E-state index contributed by atoms with van der Waals surface area (Å²) in [6, 6.07) is -0.424. The molecule has 1 amide bonds. The van der Waals surface area contributed by atoms with E-state index >= 15 is 0 Å². The lowest BCUT2D eigenvalue weighted by Crippen LogP contribution is -2.38. The fourth-order valence-electron chi connectivity index (χ4n) is 1.87. The number of hydrogen-bond acceptors (Lipinski definition) is 4. The molecule has 2 rings (SSSR count). The number of halogens is 1. The van der Waals surface area contributed by atoms with Gasteiger partial charge in [0.15, 0.2) is 0 Å². The van der Waals surface area contributed by atoms with Crippen molar-refractivity contribution in [1.82, 2.24) is 15.1 Å². The number of anilines is 1. The quantitative estimate of drug-likeness (QED) is 0.818. The van der Waals surface area contributed by atoms with E-state index in [1.54, 1.807) is 13.1 Å². The number of rotatable bonds is 6. The van der Waals surface area contributed by atoms with Crippen LogP contribution in [0.5, 0.6) is 0 Å². The van der Waals surface area contributed by atoms with Crippen LogP contribution in [0.1, 0.15) is 26.7 Å². The lowest BCUT2D eigenvalue weighted by Gasteiger charge is -2.16. The maximum Gasteiger partial charge on any atom is 0.283 e. The van der Waals surface area contributed by atoms with Gasteiger partial charge < -0.3 is 10.6 Å². The number of aromatic nitrogens is 2. The second-order valence-corrected chi connectivity index (χ2v) is 5.86. The molecule has 1 aliphatic carbocycles. The summed E-state index contributed by atoms with van der Waals surface area (Å²) < 4.78 is 1.90. The van der Waals surface area contributed by atoms with Gasteiger partial charge in [0, 0.05) is 13.1 Å². The second-order valence-electron chi connectivity index (χ2n) is 5.06. The summed E-state index contributed by atoms with van der Waals surface area (Å²) in [6.45, 7) is 4.85. The normalized spacial score (nSPS) is 15.8. The average Bonchev–Trinajstić information content (AvgIpc) is 3.22. The zero-order valence-electron chi connectivity index (χ0n) is 11.6. The van der Waals surface area contributed by atoms with Gasteiger partial charge >= 0.3 is 0 Å². The van der Waals surface area contributed by atoms with Crippen LogP contribution in [0.15, 0.2) is 15.5 Å². The maximum atomic E-state index is 12.1. The molecular formula is C13H19BrN4O2. The molecule has 2 N–H and O–H groups in total. The Balaban J connectivity index is 2.10. The molecule has 20 heavy (non-hydrogen) atoms. The molecule has 1 unspecified atom stereocenters. The Morgan fingerprint density at radius 2 is 2.30 bits per heavy atom. The minimum atomic E-state index is -0.424. The molecule has 1 fully saturated rings. The van der Waals surface area contributed by atoms with Crippen LogP contribution in [0.25, 0.3) is 0 Å². The van der Waals surface area contributed by atoms with E-state index in [4.69, 9.17) is 0 Å². The molecule has 7 heteroatoms. The zero-order chi connectivity index (χ0) is 14.7. The Labute approximate surface area is 126 Å². The van der Waals surface area contributed by atoms with E-state index < -0.39 is 6.04 Å². The van der Waals surface area contributed by atoms with Crippen LogP contribution in [0, 0.1) is 5.92 Å². The van der Waals surface area contributed by atoms with Gasteiger partial charge in [-0.3, -0.25) is 9.59 Å². The summed E-state index contributed by atoms with van der Waals surface area (Å²) in [5.74, 6) is 0.474. The molecular weight excluding hydrogens is 324 g/mol. The molecule has 0 aliphatic heterocycles. The van der Waals surface area contributed by atoms with E-state index in [0.717, 1.165) is 0 Å². The standard InChI is InChI=1S/C13H19BrN4O2/c1-3-15-12(19)8(2)17-10-6-16-18(7-9-4-5-9)13(20)11(10)14/h6,8-9,17H,3-5,7H2,1-2H3,(H,15,19). The SMILES string of the molecule is CCNC(=O)C(C)Nc1cnn(CC2CC2)c(=O)c1Br. The molecule has 0 saturated heterocycles. The van der Waals surface area contributed by atoms with Crippen molar-refractivity contribution in [2.45, 2.75) is 39.3 Å². The number of nitrogens with one attached hydrogen (secondary N) is 2. The van der Waals surface area contributed by atoms with Gasteiger partial charge in [-0.2, -0.15) is 5.10 Å². The van der Waals surface area contributed by atoms with E-state index in [-0.39, 0.29) is 11.5 Å². The lowest BCUT2D eigenvalue weighted by molar-refractivity contribution is -0.121. The van der Waals surface area contributed by atoms with Crippen LogP contribution in [0.3, 0.4) is 0 Å². The largest absolute Gasteiger partial charge is 0.372 e. The Bertz CT molecular complexity index is 554. The van der Waals surface area contributed by atoms with Crippen molar-refractivity contribution in [3.8, 4) is 0 Å². The molecule has 1 aromatic rings. The highest BCUT2D eigenvalue weighted by molar-refractivity contribution is 9.10. The van der Waals surface area contributed by atoms with Gasteiger partial charge in [-0.15, -0.1) is 0 Å². The van der Waals surface area contributed by atoms with E-state index in [1.807, 2.05) is 6.92 Å². The molecule has 0 spiro atoms. The van der Waals surface area contributed by atoms with Gasteiger partial charge in [-0.05, 0) is 48.5 Å². The summed E-state index contributed by atoms with van der Waals surface area (Å²) in [6.07, 6.45) is 3.92. The molecule has 0 bridgehead atoms. The number of amides is 1. The number of carbonyl (C=O) groups is 1. The summed E-state index contributed by atoms with van der Waals surface area (Å²) in [4.78, 5) is 23.8. The summed E-state index contributed by atoms with van der Waals surface area (Å²) in [7, 11) is 0. The molecule has 0 radical (unpaired) electrons. The first-order chi connectivity index (χ1) is 9.52. The smallest absolute Gasteiger partial charge is 0.283 e. The van der Waals surface area contributed by atoms with Crippen molar-refractivity contribution >= 4 is 27.5 Å². The Kier molecular flexibility index (Phi) is 4.80. The topological polar surface area (TPSA) is 76.0 Å². The van der Waals surface area contributed by atoms with Crippen LogP contribution in [-0.4, -0.2) is 28.3 Å². The van der Waals surface area contributed by atoms with Gasteiger partial charge in [0.25, 0.3) is 5.56 Å². The van der Waals surface area contributed by atoms with Crippen LogP contribution in [-0.2, 0) is 11.3 Å². The van der Waals surface area contributed by atoms with Gasteiger partial charge in [-0.25, -0.2) is 4.68 Å². The van der Waals surface area contributed by atoms with Crippen molar-refractivity contribution in [2.24, 2.45) is 5.92 Å². The first kappa shape index (κ1) is 15.0. The Morgan fingerprint density at radius 3 is 2.90 bits per heavy atom. The van der Waals surface area contributed by atoms with Gasteiger partial charge in [0.05, 0.1) is 11.9 Å². The molecule has 6 nitrogen and oxygen atoms in total. The van der Waals surface area contributed by atoms with Crippen molar-refractivity contribution in [2.75, 3.05) is 11.9 Å². The molecule has 1 aromatic heterocycles. The fraction of sp³-hybridized carbons (Fsp3) is 0.615. The molecule has 110 valence electrons. The van der Waals surface area contributed by atoms with Crippen molar-refractivity contribution in [1.29, 1.82) is 0 Å². The van der Waals surface area contributed by atoms with E-state index in [0.29, 0.717) is 29.2 Å². The highest BCUT2D eigenvalue weighted by Gasteiger charge is 2.23. The minimum Gasteiger partial charge on any atom is -0.372 e. The van der Waals surface area contributed by atoms with Crippen LogP contribution in [0.4, 0.5) is 5.69 Å². The Morgan fingerprint density at radius 1 is 1.60 bits per heavy atom. The molecule has 1 aliphatic rings. The van der Waals surface area contributed by atoms with E-state index in [9.17, 15) is 9.59 Å². The van der Waals surface area contributed by atoms with Gasteiger partial charge in [0.2, 0.25) is 5.91 Å². The third-order valence-corrected chi connectivity index (χ3v) is 4.00. The minimum absolute atomic E-state index is 0.110. The zero-order valence-corrected chi connectivity index (χ0v) is 13.2. The average molecular weight is 343 g/mol. The lowest BCUT2D eigenvalue weighted by atomic mass is 10.3. The first-order valence-corrected chi connectivity index (χ1v) is 7.62. The summed E-state index contributed by atoms with van der Waals surface area (Å²) in [5, 5.41) is 9.88. The van der Waals surface area contributed by atoms with Crippen LogP contribution in [0.2, 0.25) is 0 Å². The first-order valence-electron chi connectivity index (χ1n) is 6.82. The highest BCUT2D eigenvalue weighted by atomic mass is 79.9. The highest BCUT2D eigenvalue weighted by Crippen LogP contribution is 2.30. The van der Waals surface area contributed by atoms with E-state index in [2.05, 4.69) is 31.7 Å². The Hall–Kier alpha value is -1.37. The third-order valence-electron chi connectivity index (χ3n) is 3.23. The molecule has 1 atom stereocenters. The number of carbonyl (C=O) groups excluding carboxylic acids is 1. The predicted octanol–water partition coefficient (Wildman–Crippen LogP) is 1.35. The van der Waals surface area contributed by atoms with Gasteiger partial charge in [0.1, 0.15) is 10.5 Å². The van der Waals surface area contributed by atoms with Crippen molar-refractivity contribution in [3.63, 3.8) is 0 Å². The monoisotopic (exact) mass is 342 g/mol. The fourth-order valence-corrected chi connectivity index (χ4v) is 2.29. The molecule has 0 aromatic carbocycles. The third kappa shape index (κ3) is 3.59. The van der Waals surface area contributed by atoms with Crippen LogP contribution < -0.4 is 16.2 Å². The number of nitrogens with zero attached hydrogens (tertiary/aromatic N) is 2. The summed E-state index contributed by atoms with van der Waals surface area (Å²) in [5.41, 5.74) is 0.380. The number of hydrogen-bond donors (Lipinski definition) is 2. The molecule has 1 heterocycles. The molecule has 1 saturated carbocycles.